The van der Waals surface area contributed by atoms with Gasteiger partial charge in [-0.1, -0.05) is 0 Å². The number of pyridine rings is 1. The molecule has 0 radical (unpaired) electrons. The third kappa shape index (κ3) is 3.77. The number of carbonyl (C=O) groups is 1. The monoisotopic (exact) mass is 450 g/mol. The Labute approximate surface area is 190 Å². The summed E-state index contributed by atoms with van der Waals surface area (Å²) in [5.74, 6) is 1.55. The molecule has 4 aromatic heterocycles. The number of aromatic nitrogens is 4. The Balaban J connectivity index is 1.49. The van der Waals surface area contributed by atoms with Crippen molar-refractivity contribution in [3.8, 4) is 5.75 Å². The van der Waals surface area contributed by atoms with Crippen LogP contribution in [0.25, 0.3) is 15.7 Å². The highest BCUT2D eigenvalue weighted by atomic mass is 32.1. The fourth-order valence-electron chi connectivity index (χ4n) is 4.23. The summed E-state index contributed by atoms with van der Waals surface area (Å²) in [6.45, 7) is 6.05. The first-order valence-electron chi connectivity index (χ1n) is 10.7. The predicted molar refractivity (Wildman–Crippen MR) is 126 cm³/mol. The number of ether oxygens (including phenoxy) is 1. The number of thiophene rings is 1. The number of nitrogens with one attached hydrogen (secondary N) is 2. The van der Waals surface area contributed by atoms with Crippen LogP contribution >= 0.6 is 11.3 Å². The fourth-order valence-corrected chi connectivity index (χ4v) is 5.50. The molecule has 4 heterocycles. The topological polar surface area (TPSA) is 93.4 Å². The molecule has 1 aliphatic rings. The van der Waals surface area contributed by atoms with Crippen LogP contribution in [0.4, 0.5) is 11.5 Å². The van der Waals surface area contributed by atoms with E-state index >= 15 is 0 Å². The normalized spacial score (nSPS) is 16.2. The van der Waals surface area contributed by atoms with Gasteiger partial charge in [0, 0.05) is 22.5 Å². The maximum absolute atomic E-state index is 12.7. The molecule has 1 aliphatic carbocycles. The zero-order chi connectivity index (χ0) is 22.5. The molecule has 5 rings (SSSR count). The average Bonchev–Trinajstić information content (AvgIpc) is 3.35. The summed E-state index contributed by atoms with van der Waals surface area (Å²) in [5, 5.41) is 11.9. The molecule has 0 bridgehead atoms. The number of aryl methyl sites for hydroxylation is 1. The van der Waals surface area contributed by atoms with Crippen molar-refractivity contribution in [3.63, 3.8) is 0 Å². The van der Waals surface area contributed by atoms with Crippen molar-refractivity contribution in [2.75, 3.05) is 12.4 Å². The Kier molecular flexibility index (Phi) is 5.00. The van der Waals surface area contributed by atoms with Crippen LogP contribution in [0.2, 0.25) is 0 Å². The molecule has 0 aliphatic heterocycles. The second-order valence-electron chi connectivity index (χ2n) is 9.17. The standard InChI is InChI=1S/C23H26N6O2S/c1-23(2,3)28-21(30)13-5-6-15-18(9-13)32-22-19(15)20(24-12-25-22)27-16-10-14-7-8-26-29(14)11-17(16)31-4/h7-8,10-13H,5-6,9H2,1-4H3,(H,28,30)(H,24,25,27). The highest BCUT2D eigenvalue weighted by Gasteiger charge is 2.30. The van der Waals surface area contributed by atoms with Crippen LogP contribution in [0.1, 0.15) is 37.6 Å². The summed E-state index contributed by atoms with van der Waals surface area (Å²) < 4.78 is 7.35. The number of anilines is 2. The van der Waals surface area contributed by atoms with Gasteiger partial charge in [-0.15, -0.1) is 11.3 Å². The molecular formula is C23H26N6O2S. The van der Waals surface area contributed by atoms with E-state index in [1.54, 1.807) is 35.5 Å². The number of hydrogen-bond acceptors (Lipinski definition) is 7. The first-order valence-corrected chi connectivity index (χ1v) is 11.5. The van der Waals surface area contributed by atoms with E-state index in [4.69, 9.17) is 4.74 Å². The number of amides is 1. The van der Waals surface area contributed by atoms with E-state index in [-0.39, 0.29) is 17.4 Å². The van der Waals surface area contributed by atoms with E-state index < -0.39 is 0 Å². The van der Waals surface area contributed by atoms with Crippen LogP contribution in [-0.2, 0) is 17.6 Å². The minimum atomic E-state index is -0.226. The van der Waals surface area contributed by atoms with E-state index in [0.29, 0.717) is 5.75 Å². The van der Waals surface area contributed by atoms with Gasteiger partial charge < -0.3 is 15.4 Å². The van der Waals surface area contributed by atoms with Crippen molar-refractivity contribution in [1.82, 2.24) is 24.9 Å². The number of methoxy groups -OCH3 is 1. The van der Waals surface area contributed by atoms with Crippen LogP contribution in [0.15, 0.2) is 30.9 Å². The van der Waals surface area contributed by atoms with Gasteiger partial charge in [-0.05, 0) is 57.7 Å². The SMILES string of the molecule is COc1cn2nccc2cc1Nc1ncnc2sc3c(c12)CCC(C(=O)NC(C)(C)C)C3. The molecule has 9 heteroatoms. The zero-order valence-corrected chi connectivity index (χ0v) is 19.4. The molecule has 1 unspecified atom stereocenters. The third-order valence-corrected chi connectivity index (χ3v) is 6.85. The van der Waals surface area contributed by atoms with Crippen molar-refractivity contribution in [2.45, 2.75) is 45.6 Å². The maximum Gasteiger partial charge on any atom is 0.223 e. The van der Waals surface area contributed by atoms with Crippen molar-refractivity contribution in [2.24, 2.45) is 5.92 Å². The molecule has 8 nitrogen and oxygen atoms in total. The second-order valence-corrected chi connectivity index (χ2v) is 10.2. The summed E-state index contributed by atoms with van der Waals surface area (Å²) in [4.78, 5) is 24.0. The smallest absolute Gasteiger partial charge is 0.223 e. The largest absolute Gasteiger partial charge is 0.493 e. The van der Waals surface area contributed by atoms with Gasteiger partial charge in [-0.3, -0.25) is 4.79 Å². The van der Waals surface area contributed by atoms with Crippen LogP contribution < -0.4 is 15.4 Å². The Morgan fingerprint density at radius 2 is 2.16 bits per heavy atom. The van der Waals surface area contributed by atoms with E-state index in [1.165, 1.54) is 10.4 Å². The lowest BCUT2D eigenvalue weighted by Crippen LogP contribution is -2.45. The minimum absolute atomic E-state index is 0.0106. The van der Waals surface area contributed by atoms with Crippen LogP contribution in [0, 0.1) is 5.92 Å². The summed E-state index contributed by atoms with van der Waals surface area (Å²) in [6, 6.07) is 3.93. The van der Waals surface area contributed by atoms with Crippen molar-refractivity contribution < 1.29 is 9.53 Å². The number of nitrogens with zero attached hydrogens (tertiary/aromatic N) is 4. The molecule has 0 aromatic carbocycles. The van der Waals surface area contributed by atoms with E-state index in [9.17, 15) is 4.79 Å². The number of carbonyl (C=O) groups excluding carboxylic acids is 1. The number of hydrogen-bond donors (Lipinski definition) is 2. The van der Waals surface area contributed by atoms with Gasteiger partial charge in [0.2, 0.25) is 5.91 Å². The van der Waals surface area contributed by atoms with Gasteiger partial charge in [0.1, 0.15) is 17.0 Å². The minimum Gasteiger partial charge on any atom is -0.493 e. The van der Waals surface area contributed by atoms with Crippen molar-refractivity contribution in [3.05, 3.63) is 41.3 Å². The van der Waals surface area contributed by atoms with Crippen LogP contribution in [-0.4, -0.2) is 38.1 Å². The molecule has 1 amide bonds. The maximum atomic E-state index is 12.7. The first-order chi connectivity index (χ1) is 15.3. The summed E-state index contributed by atoms with van der Waals surface area (Å²) in [5.41, 5.74) is 2.80. The lowest BCUT2D eigenvalue weighted by atomic mass is 9.86. The molecule has 0 saturated carbocycles. The van der Waals surface area contributed by atoms with Crippen LogP contribution in [0.3, 0.4) is 0 Å². The lowest BCUT2D eigenvalue weighted by Gasteiger charge is -2.27. The number of fused-ring (bicyclic) bond motifs is 4. The molecule has 32 heavy (non-hydrogen) atoms. The molecule has 2 N–H and O–H groups in total. The third-order valence-electron chi connectivity index (χ3n) is 5.69. The molecule has 4 aromatic rings. The molecule has 0 saturated heterocycles. The van der Waals surface area contributed by atoms with Gasteiger partial charge in [0.25, 0.3) is 0 Å². The average molecular weight is 451 g/mol. The van der Waals surface area contributed by atoms with Gasteiger partial charge in [-0.25, -0.2) is 14.5 Å². The molecule has 166 valence electrons. The van der Waals surface area contributed by atoms with Gasteiger partial charge in [-0.2, -0.15) is 5.10 Å². The number of rotatable bonds is 4. The van der Waals surface area contributed by atoms with E-state index in [1.807, 2.05) is 39.1 Å². The Bertz CT molecular complexity index is 1320. The summed E-state index contributed by atoms with van der Waals surface area (Å²) in [7, 11) is 1.64. The first kappa shape index (κ1) is 20.7. The van der Waals surface area contributed by atoms with E-state index in [2.05, 4.69) is 25.7 Å². The lowest BCUT2D eigenvalue weighted by molar-refractivity contribution is -0.126. The highest BCUT2D eigenvalue weighted by molar-refractivity contribution is 7.19. The summed E-state index contributed by atoms with van der Waals surface area (Å²) in [6.07, 6.45) is 7.57. The molecule has 0 spiro atoms. The Hall–Kier alpha value is -3.20. The predicted octanol–water partition coefficient (Wildman–Crippen LogP) is 4.11. The Morgan fingerprint density at radius 1 is 1.31 bits per heavy atom. The molecule has 0 fully saturated rings. The van der Waals surface area contributed by atoms with Crippen molar-refractivity contribution >= 4 is 44.5 Å². The van der Waals surface area contributed by atoms with Gasteiger partial charge >= 0.3 is 0 Å². The quantitative estimate of drug-likeness (QED) is 0.486. The second kappa shape index (κ2) is 7.74. The van der Waals surface area contributed by atoms with Gasteiger partial charge in [0.05, 0.1) is 29.9 Å². The molecular weight excluding hydrogens is 424 g/mol. The van der Waals surface area contributed by atoms with E-state index in [0.717, 1.165) is 46.5 Å². The fraction of sp³-hybridized carbons (Fsp3) is 0.391. The summed E-state index contributed by atoms with van der Waals surface area (Å²) >= 11 is 1.66. The Morgan fingerprint density at radius 3 is 2.94 bits per heavy atom. The zero-order valence-electron chi connectivity index (χ0n) is 18.6. The van der Waals surface area contributed by atoms with Crippen LogP contribution in [0.5, 0.6) is 5.75 Å². The van der Waals surface area contributed by atoms with Crippen molar-refractivity contribution in [1.29, 1.82) is 0 Å². The van der Waals surface area contributed by atoms with Gasteiger partial charge in [0.15, 0.2) is 5.75 Å². The highest BCUT2D eigenvalue weighted by Crippen LogP contribution is 2.41. The molecule has 1 atom stereocenters.